The van der Waals surface area contributed by atoms with E-state index in [1.54, 1.807) is 0 Å². The lowest BCUT2D eigenvalue weighted by molar-refractivity contribution is 0.726. The number of pyridine rings is 1. The highest BCUT2D eigenvalue weighted by Gasteiger charge is 2.10. The summed E-state index contributed by atoms with van der Waals surface area (Å²) in [5.41, 5.74) is 0.971. The molecule has 0 aliphatic carbocycles. The Bertz CT molecular complexity index is 306. The average molecular weight is 225 g/mol. The minimum absolute atomic E-state index is 0.502. The third-order valence-corrected chi connectivity index (χ3v) is 3.13. The summed E-state index contributed by atoms with van der Waals surface area (Å²) in [5.74, 6) is 1.59. The van der Waals surface area contributed by atoms with Crippen molar-refractivity contribution in [1.29, 1.82) is 0 Å². The van der Waals surface area contributed by atoms with Crippen LogP contribution in [0.5, 0.6) is 0 Å². The zero-order valence-corrected chi connectivity index (χ0v) is 9.71. The molecule has 0 atom stereocenters. The second-order valence-corrected chi connectivity index (χ2v) is 4.29. The Morgan fingerprint density at radius 1 is 1.13 bits per heavy atom. The molecule has 15 heavy (non-hydrogen) atoms. The lowest BCUT2D eigenvalue weighted by atomic mass is 10.2. The summed E-state index contributed by atoms with van der Waals surface area (Å²) < 4.78 is 0. The summed E-state index contributed by atoms with van der Waals surface area (Å²) in [6.07, 6.45) is 5.27. The second kappa shape index (κ2) is 5.36. The number of aromatic nitrogens is 1. The number of alkyl halides is 1. The van der Waals surface area contributed by atoms with Crippen LogP contribution < -0.4 is 4.90 Å². The lowest BCUT2D eigenvalue weighted by Crippen LogP contribution is -2.24. The molecule has 0 aromatic carbocycles. The van der Waals surface area contributed by atoms with Gasteiger partial charge in [0.2, 0.25) is 0 Å². The van der Waals surface area contributed by atoms with E-state index in [1.807, 2.05) is 12.1 Å². The molecule has 1 aromatic heterocycles. The van der Waals surface area contributed by atoms with Crippen molar-refractivity contribution >= 4 is 17.4 Å². The number of halogens is 1. The zero-order valence-electron chi connectivity index (χ0n) is 8.95. The van der Waals surface area contributed by atoms with E-state index in [9.17, 15) is 0 Å². The lowest BCUT2D eigenvalue weighted by Gasteiger charge is -2.21. The molecule has 0 spiro atoms. The van der Waals surface area contributed by atoms with Gasteiger partial charge in [0.1, 0.15) is 5.82 Å². The smallest absolute Gasteiger partial charge is 0.128 e. The van der Waals surface area contributed by atoms with Crippen LogP contribution in [0.2, 0.25) is 0 Å². The van der Waals surface area contributed by atoms with Gasteiger partial charge in [-0.05, 0) is 25.0 Å². The van der Waals surface area contributed by atoms with Gasteiger partial charge in [-0.3, -0.25) is 0 Å². The molecule has 1 aliphatic heterocycles. The molecule has 1 aliphatic rings. The molecule has 0 unspecified atom stereocenters. The monoisotopic (exact) mass is 224 g/mol. The minimum Gasteiger partial charge on any atom is -0.357 e. The standard InChI is InChI=1S/C12H17ClN2/c13-10-11-6-5-7-12(14-11)15-8-3-1-2-4-9-15/h5-7H,1-4,8-10H2. The first kappa shape index (κ1) is 10.7. The molecule has 2 rings (SSSR count). The Labute approximate surface area is 96.3 Å². The van der Waals surface area contributed by atoms with E-state index in [0.29, 0.717) is 5.88 Å². The zero-order chi connectivity index (χ0) is 10.5. The van der Waals surface area contributed by atoms with Crippen LogP contribution in [-0.4, -0.2) is 18.1 Å². The van der Waals surface area contributed by atoms with E-state index in [-0.39, 0.29) is 0 Å². The van der Waals surface area contributed by atoms with Gasteiger partial charge in [-0.25, -0.2) is 4.98 Å². The molecule has 0 bridgehead atoms. The molecule has 1 fully saturated rings. The van der Waals surface area contributed by atoms with E-state index in [2.05, 4.69) is 16.0 Å². The van der Waals surface area contributed by atoms with Crippen LogP contribution in [-0.2, 0) is 5.88 Å². The van der Waals surface area contributed by atoms with E-state index in [0.717, 1.165) is 24.6 Å². The van der Waals surface area contributed by atoms with Crippen molar-refractivity contribution in [3.8, 4) is 0 Å². The summed E-state index contributed by atoms with van der Waals surface area (Å²) in [6, 6.07) is 6.11. The highest BCUT2D eigenvalue weighted by Crippen LogP contribution is 2.17. The number of anilines is 1. The Morgan fingerprint density at radius 3 is 2.53 bits per heavy atom. The van der Waals surface area contributed by atoms with Gasteiger partial charge < -0.3 is 4.90 Å². The maximum Gasteiger partial charge on any atom is 0.128 e. The number of hydrogen-bond acceptors (Lipinski definition) is 2. The molecule has 0 radical (unpaired) electrons. The fourth-order valence-electron chi connectivity index (χ4n) is 2.02. The van der Waals surface area contributed by atoms with E-state index >= 15 is 0 Å². The Balaban J connectivity index is 2.12. The van der Waals surface area contributed by atoms with Crippen molar-refractivity contribution in [2.24, 2.45) is 0 Å². The highest BCUT2D eigenvalue weighted by molar-refractivity contribution is 6.16. The van der Waals surface area contributed by atoms with Crippen molar-refractivity contribution in [2.75, 3.05) is 18.0 Å². The third kappa shape index (κ3) is 2.85. The van der Waals surface area contributed by atoms with Gasteiger partial charge >= 0.3 is 0 Å². The van der Waals surface area contributed by atoms with Gasteiger partial charge in [0.25, 0.3) is 0 Å². The van der Waals surface area contributed by atoms with Gasteiger partial charge in [-0.2, -0.15) is 0 Å². The van der Waals surface area contributed by atoms with Crippen LogP contribution >= 0.6 is 11.6 Å². The second-order valence-electron chi connectivity index (χ2n) is 4.02. The van der Waals surface area contributed by atoms with Gasteiger partial charge in [0.05, 0.1) is 11.6 Å². The van der Waals surface area contributed by atoms with Crippen LogP contribution in [0.3, 0.4) is 0 Å². The summed E-state index contributed by atoms with van der Waals surface area (Å²) in [4.78, 5) is 6.93. The van der Waals surface area contributed by atoms with Crippen LogP contribution in [0.15, 0.2) is 18.2 Å². The third-order valence-electron chi connectivity index (χ3n) is 2.86. The summed E-state index contributed by atoms with van der Waals surface area (Å²) in [6.45, 7) is 2.28. The largest absolute Gasteiger partial charge is 0.357 e. The average Bonchev–Trinajstić information content (AvgIpc) is 2.58. The normalized spacial score (nSPS) is 17.5. The van der Waals surface area contributed by atoms with Gasteiger partial charge in [-0.15, -0.1) is 11.6 Å². The Morgan fingerprint density at radius 2 is 1.87 bits per heavy atom. The molecule has 2 nitrogen and oxygen atoms in total. The molecular formula is C12H17ClN2. The minimum atomic E-state index is 0.502. The molecule has 2 heterocycles. The van der Waals surface area contributed by atoms with Crippen molar-refractivity contribution in [2.45, 2.75) is 31.6 Å². The molecule has 1 saturated heterocycles. The number of rotatable bonds is 2. The molecule has 0 N–H and O–H groups in total. The van der Waals surface area contributed by atoms with Gasteiger partial charge in [-0.1, -0.05) is 18.9 Å². The quantitative estimate of drug-likeness (QED) is 0.718. The van der Waals surface area contributed by atoms with Crippen molar-refractivity contribution in [3.05, 3.63) is 23.9 Å². The van der Waals surface area contributed by atoms with Gasteiger partial charge in [0.15, 0.2) is 0 Å². The first-order chi connectivity index (χ1) is 7.40. The summed E-state index contributed by atoms with van der Waals surface area (Å²) in [5, 5.41) is 0. The SMILES string of the molecule is ClCc1cccc(N2CCCCCC2)n1. The Kier molecular flexibility index (Phi) is 3.84. The molecule has 82 valence electrons. The van der Waals surface area contributed by atoms with Gasteiger partial charge in [0, 0.05) is 13.1 Å². The fourth-order valence-corrected chi connectivity index (χ4v) is 2.17. The van der Waals surface area contributed by atoms with Crippen molar-refractivity contribution in [1.82, 2.24) is 4.98 Å². The van der Waals surface area contributed by atoms with Crippen LogP contribution in [0.4, 0.5) is 5.82 Å². The number of hydrogen-bond donors (Lipinski definition) is 0. The molecular weight excluding hydrogens is 208 g/mol. The molecule has 0 amide bonds. The van der Waals surface area contributed by atoms with Crippen LogP contribution in [0.1, 0.15) is 31.4 Å². The maximum absolute atomic E-state index is 5.79. The predicted molar refractivity (Wildman–Crippen MR) is 64.5 cm³/mol. The summed E-state index contributed by atoms with van der Waals surface area (Å²) in [7, 11) is 0. The molecule has 1 aromatic rings. The number of nitrogens with zero attached hydrogens (tertiary/aromatic N) is 2. The topological polar surface area (TPSA) is 16.1 Å². The molecule has 3 heteroatoms. The summed E-state index contributed by atoms with van der Waals surface area (Å²) >= 11 is 5.79. The van der Waals surface area contributed by atoms with E-state index in [1.165, 1.54) is 25.7 Å². The van der Waals surface area contributed by atoms with Crippen molar-refractivity contribution < 1.29 is 0 Å². The van der Waals surface area contributed by atoms with Crippen LogP contribution in [0.25, 0.3) is 0 Å². The van der Waals surface area contributed by atoms with E-state index in [4.69, 9.17) is 11.6 Å². The molecule has 0 saturated carbocycles. The van der Waals surface area contributed by atoms with Crippen molar-refractivity contribution in [3.63, 3.8) is 0 Å². The maximum atomic E-state index is 5.79. The predicted octanol–water partition coefficient (Wildman–Crippen LogP) is 3.20. The Hall–Kier alpha value is -0.760. The first-order valence-electron chi connectivity index (χ1n) is 5.67. The van der Waals surface area contributed by atoms with Crippen LogP contribution in [0, 0.1) is 0 Å². The highest BCUT2D eigenvalue weighted by atomic mass is 35.5. The van der Waals surface area contributed by atoms with E-state index < -0.39 is 0 Å². The fraction of sp³-hybridized carbons (Fsp3) is 0.583. The first-order valence-corrected chi connectivity index (χ1v) is 6.20.